The molecular weight excluding hydrogens is 158 g/mol. The van der Waals surface area contributed by atoms with Crippen LogP contribution in [-0.4, -0.2) is 11.9 Å². The smallest absolute Gasteiger partial charge is 0.344 e. The molecule has 0 saturated heterocycles. The number of amides is 1. The molecule has 1 heterocycles. The first kappa shape index (κ1) is 8.52. The molecular formula is C8H9NO3. The Bertz CT molecular complexity index is 289. The summed E-state index contributed by atoms with van der Waals surface area (Å²) in [7, 11) is 0. The van der Waals surface area contributed by atoms with E-state index >= 15 is 0 Å². The fraction of sp³-hybridized carbons (Fsp3) is 0.250. The van der Waals surface area contributed by atoms with Crippen molar-refractivity contribution >= 4 is 11.9 Å². The molecule has 4 nitrogen and oxygen atoms in total. The van der Waals surface area contributed by atoms with Crippen molar-refractivity contribution in [3.05, 3.63) is 23.6 Å². The van der Waals surface area contributed by atoms with Crippen LogP contribution < -0.4 is 5.32 Å². The van der Waals surface area contributed by atoms with Gasteiger partial charge in [-0.2, -0.15) is 0 Å². The summed E-state index contributed by atoms with van der Waals surface area (Å²) in [5.74, 6) is -0.630. The molecule has 0 atom stereocenters. The zero-order valence-electron chi connectivity index (χ0n) is 6.88. The topological polar surface area (TPSA) is 55.4 Å². The van der Waals surface area contributed by atoms with Crippen LogP contribution in [0.5, 0.6) is 0 Å². The lowest BCUT2D eigenvalue weighted by molar-refractivity contribution is -0.132. The lowest BCUT2D eigenvalue weighted by Gasteiger charge is -2.02. The molecule has 1 N–H and O–H groups in total. The molecule has 0 aromatic carbocycles. The largest absolute Gasteiger partial charge is 0.431 e. The standard InChI is InChI=1S/C8H9NO3/c1-5(9-6(2)10)7-3-4-12-8(7)11/h3-4H,1-2H3,(H,9,10). The van der Waals surface area contributed by atoms with E-state index in [0.29, 0.717) is 11.3 Å². The van der Waals surface area contributed by atoms with Crippen molar-refractivity contribution in [1.29, 1.82) is 0 Å². The first-order valence-electron chi connectivity index (χ1n) is 3.47. The molecule has 4 heteroatoms. The van der Waals surface area contributed by atoms with E-state index in [1.807, 2.05) is 0 Å². The van der Waals surface area contributed by atoms with Crippen molar-refractivity contribution in [2.45, 2.75) is 13.8 Å². The summed E-state index contributed by atoms with van der Waals surface area (Å²) < 4.78 is 4.54. The number of hydrogen-bond acceptors (Lipinski definition) is 3. The van der Waals surface area contributed by atoms with Gasteiger partial charge >= 0.3 is 5.97 Å². The first-order valence-corrected chi connectivity index (χ1v) is 3.47. The summed E-state index contributed by atoms with van der Waals surface area (Å²) >= 11 is 0. The van der Waals surface area contributed by atoms with Gasteiger partial charge in [-0.3, -0.25) is 4.79 Å². The van der Waals surface area contributed by atoms with Crippen LogP contribution >= 0.6 is 0 Å². The quantitative estimate of drug-likeness (QED) is 0.456. The van der Waals surface area contributed by atoms with E-state index in [0.717, 1.165) is 0 Å². The van der Waals surface area contributed by atoms with Gasteiger partial charge in [0.1, 0.15) is 0 Å². The van der Waals surface area contributed by atoms with Crippen LogP contribution in [0, 0.1) is 0 Å². The summed E-state index contributed by atoms with van der Waals surface area (Å²) in [4.78, 5) is 21.5. The Hall–Kier alpha value is -1.58. The van der Waals surface area contributed by atoms with Crippen molar-refractivity contribution in [2.75, 3.05) is 0 Å². The molecule has 0 radical (unpaired) electrons. The molecule has 0 aliphatic carbocycles. The van der Waals surface area contributed by atoms with Gasteiger partial charge in [0.15, 0.2) is 0 Å². The number of carbonyl (C=O) groups excluding carboxylic acids is 2. The molecule has 0 aromatic rings. The molecule has 0 spiro atoms. The number of ether oxygens (including phenoxy) is 1. The van der Waals surface area contributed by atoms with Crippen LogP contribution in [0.1, 0.15) is 13.8 Å². The third kappa shape index (κ3) is 1.72. The highest BCUT2D eigenvalue weighted by molar-refractivity contribution is 5.95. The van der Waals surface area contributed by atoms with Gasteiger partial charge in [0.2, 0.25) is 5.91 Å². The lowest BCUT2D eigenvalue weighted by Crippen LogP contribution is -2.19. The van der Waals surface area contributed by atoms with Crippen LogP contribution in [0.3, 0.4) is 0 Å². The molecule has 1 aliphatic heterocycles. The van der Waals surface area contributed by atoms with E-state index in [1.54, 1.807) is 6.92 Å². The second-order valence-corrected chi connectivity index (χ2v) is 2.43. The lowest BCUT2D eigenvalue weighted by atomic mass is 10.2. The van der Waals surface area contributed by atoms with Crippen molar-refractivity contribution in [3.63, 3.8) is 0 Å². The van der Waals surface area contributed by atoms with E-state index in [1.165, 1.54) is 19.3 Å². The molecule has 1 rings (SSSR count). The van der Waals surface area contributed by atoms with Gasteiger partial charge in [-0.05, 0) is 13.0 Å². The molecule has 12 heavy (non-hydrogen) atoms. The maximum Gasteiger partial charge on any atom is 0.344 e. The van der Waals surface area contributed by atoms with Gasteiger partial charge in [0.25, 0.3) is 0 Å². The molecule has 1 aliphatic rings. The second-order valence-electron chi connectivity index (χ2n) is 2.43. The molecule has 64 valence electrons. The van der Waals surface area contributed by atoms with Crippen LogP contribution in [0.25, 0.3) is 0 Å². The number of hydrogen-bond donors (Lipinski definition) is 1. The Kier molecular flexibility index (Phi) is 2.28. The predicted octanol–water partition coefficient (Wildman–Crippen LogP) is 0.467. The van der Waals surface area contributed by atoms with E-state index in [2.05, 4.69) is 10.1 Å². The Morgan fingerprint density at radius 2 is 2.17 bits per heavy atom. The number of rotatable bonds is 1. The fourth-order valence-corrected chi connectivity index (χ4v) is 0.905. The van der Waals surface area contributed by atoms with E-state index in [-0.39, 0.29) is 5.91 Å². The van der Waals surface area contributed by atoms with Gasteiger partial charge in [-0.15, -0.1) is 0 Å². The third-order valence-corrected chi connectivity index (χ3v) is 1.40. The minimum Gasteiger partial charge on any atom is -0.431 e. The summed E-state index contributed by atoms with van der Waals surface area (Å²) in [6.45, 7) is 3.03. The number of esters is 1. The Balaban J connectivity index is 2.82. The van der Waals surface area contributed by atoms with E-state index in [4.69, 9.17) is 0 Å². The number of carbonyl (C=O) groups is 2. The zero-order chi connectivity index (χ0) is 9.14. The maximum absolute atomic E-state index is 10.9. The monoisotopic (exact) mass is 167 g/mol. The molecule has 0 unspecified atom stereocenters. The van der Waals surface area contributed by atoms with Crippen LogP contribution in [-0.2, 0) is 14.3 Å². The van der Waals surface area contributed by atoms with Crippen LogP contribution in [0.2, 0.25) is 0 Å². The molecule has 0 saturated carbocycles. The summed E-state index contributed by atoms with van der Waals surface area (Å²) in [6, 6.07) is 0. The van der Waals surface area contributed by atoms with Crippen molar-refractivity contribution in [3.8, 4) is 0 Å². The zero-order valence-corrected chi connectivity index (χ0v) is 6.88. The highest BCUT2D eigenvalue weighted by Crippen LogP contribution is 2.12. The predicted molar refractivity (Wildman–Crippen MR) is 41.7 cm³/mol. The van der Waals surface area contributed by atoms with Gasteiger partial charge < -0.3 is 10.1 Å². The third-order valence-electron chi connectivity index (χ3n) is 1.40. The normalized spacial score (nSPS) is 19.0. The van der Waals surface area contributed by atoms with E-state index < -0.39 is 5.97 Å². The first-order chi connectivity index (χ1) is 5.61. The maximum atomic E-state index is 10.9. The molecule has 0 aromatic heterocycles. The Morgan fingerprint density at radius 1 is 1.50 bits per heavy atom. The average molecular weight is 167 g/mol. The minimum absolute atomic E-state index is 0.201. The van der Waals surface area contributed by atoms with Crippen LogP contribution in [0.15, 0.2) is 23.6 Å². The van der Waals surface area contributed by atoms with Gasteiger partial charge in [-0.25, -0.2) is 4.79 Å². The second kappa shape index (κ2) is 3.21. The number of cyclic esters (lactones) is 1. The Morgan fingerprint density at radius 3 is 2.58 bits per heavy atom. The highest BCUT2D eigenvalue weighted by Gasteiger charge is 2.16. The summed E-state index contributed by atoms with van der Waals surface area (Å²) in [6.07, 6.45) is 2.82. The van der Waals surface area contributed by atoms with Crippen LogP contribution in [0.4, 0.5) is 0 Å². The van der Waals surface area contributed by atoms with Crippen molar-refractivity contribution < 1.29 is 14.3 Å². The molecule has 0 fully saturated rings. The SMILES string of the molecule is CC(=O)NC(C)=C1C=COC1=O. The van der Waals surface area contributed by atoms with Gasteiger partial charge in [0, 0.05) is 12.6 Å². The number of allylic oxidation sites excluding steroid dienone is 1. The molecule has 0 bridgehead atoms. The van der Waals surface area contributed by atoms with Gasteiger partial charge in [-0.1, -0.05) is 0 Å². The van der Waals surface area contributed by atoms with Gasteiger partial charge in [0.05, 0.1) is 11.8 Å². The van der Waals surface area contributed by atoms with E-state index in [9.17, 15) is 9.59 Å². The highest BCUT2D eigenvalue weighted by atomic mass is 16.5. The molecule has 1 amide bonds. The Labute approximate surface area is 69.9 Å². The van der Waals surface area contributed by atoms with Crippen molar-refractivity contribution in [1.82, 2.24) is 5.32 Å². The number of nitrogens with one attached hydrogen (secondary N) is 1. The fourth-order valence-electron chi connectivity index (χ4n) is 0.905. The average Bonchev–Trinajstić information content (AvgIpc) is 2.33. The minimum atomic E-state index is -0.429. The van der Waals surface area contributed by atoms with Crippen molar-refractivity contribution in [2.24, 2.45) is 0 Å². The summed E-state index contributed by atoms with van der Waals surface area (Å²) in [5.41, 5.74) is 0.909. The summed E-state index contributed by atoms with van der Waals surface area (Å²) in [5, 5.41) is 2.50.